The van der Waals surface area contributed by atoms with Gasteiger partial charge in [0.25, 0.3) is 10.0 Å². The van der Waals surface area contributed by atoms with Gasteiger partial charge in [0.15, 0.2) is 0 Å². The van der Waals surface area contributed by atoms with Gasteiger partial charge < -0.3 is 15.0 Å². The van der Waals surface area contributed by atoms with E-state index in [4.69, 9.17) is 4.74 Å². The van der Waals surface area contributed by atoms with E-state index in [0.717, 1.165) is 21.9 Å². The highest BCUT2D eigenvalue weighted by molar-refractivity contribution is 7.92. The van der Waals surface area contributed by atoms with Crippen LogP contribution in [-0.4, -0.2) is 50.9 Å². The van der Waals surface area contributed by atoms with E-state index in [1.807, 2.05) is 52.0 Å². The zero-order valence-corrected chi connectivity index (χ0v) is 24.6. The highest BCUT2D eigenvalue weighted by atomic mass is 32.2. The van der Waals surface area contributed by atoms with Crippen LogP contribution in [0, 0.1) is 6.92 Å². The molecule has 9 heteroatoms. The Kier molecular flexibility index (Phi) is 10.7. The topological polar surface area (TPSA) is 96.0 Å². The van der Waals surface area contributed by atoms with Crippen LogP contribution in [0.4, 0.5) is 5.69 Å². The summed E-state index contributed by atoms with van der Waals surface area (Å²) in [6.45, 7) is 7.38. The third kappa shape index (κ3) is 7.63. The molecule has 2 atom stereocenters. The molecule has 0 unspecified atom stereocenters. The minimum absolute atomic E-state index is 0.0604. The number of amides is 2. The number of rotatable bonds is 13. The number of nitrogens with one attached hydrogen (secondary N) is 1. The number of sulfonamides is 1. The SMILES string of the molecule is CC[C@H](C(=O)N[C@@H](C)CC)N(Cc1ccc(C)cc1)C(=O)CN(c1ccc(OC)cc1)S(=O)(=O)c1ccccc1. The Bertz CT molecular complexity index is 1360. The summed E-state index contributed by atoms with van der Waals surface area (Å²) in [5.74, 6) is -0.192. The molecular formula is C31H39N3O5S. The van der Waals surface area contributed by atoms with E-state index in [9.17, 15) is 18.0 Å². The van der Waals surface area contributed by atoms with Crippen LogP contribution in [0.25, 0.3) is 0 Å². The number of anilines is 1. The second-order valence-corrected chi connectivity index (χ2v) is 11.6. The van der Waals surface area contributed by atoms with E-state index in [2.05, 4.69) is 5.32 Å². The van der Waals surface area contributed by atoms with Crippen LogP contribution in [0.5, 0.6) is 5.75 Å². The largest absolute Gasteiger partial charge is 0.497 e. The summed E-state index contributed by atoms with van der Waals surface area (Å²) in [5, 5.41) is 2.99. The molecule has 0 heterocycles. The first-order valence-electron chi connectivity index (χ1n) is 13.5. The van der Waals surface area contributed by atoms with E-state index in [1.54, 1.807) is 42.5 Å². The monoisotopic (exact) mass is 565 g/mol. The van der Waals surface area contributed by atoms with Gasteiger partial charge in [0.05, 0.1) is 17.7 Å². The standard InChI is InChI=1S/C31H39N3O5S/c1-6-24(4)32-31(36)29(7-2)33(21-25-15-13-23(3)14-16-25)30(35)22-34(26-17-19-27(39-5)20-18-26)40(37,38)28-11-9-8-10-12-28/h8-20,24,29H,6-7,21-22H2,1-5H3,(H,32,36)/t24-,29+/m0/s1. The smallest absolute Gasteiger partial charge is 0.264 e. The molecule has 0 radical (unpaired) electrons. The minimum Gasteiger partial charge on any atom is -0.497 e. The lowest BCUT2D eigenvalue weighted by Gasteiger charge is -2.33. The first-order valence-corrected chi connectivity index (χ1v) is 14.9. The zero-order chi connectivity index (χ0) is 29.3. The fourth-order valence-corrected chi connectivity index (χ4v) is 5.68. The second-order valence-electron chi connectivity index (χ2n) is 9.77. The first-order chi connectivity index (χ1) is 19.1. The van der Waals surface area contributed by atoms with Crippen LogP contribution in [0.2, 0.25) is 0 Å². The van der Waals surface area contributed by atoms with Gasteiger partial charge in [0.1, 0.15) is 18.3 Å². The molecule has 3 rings (SSSR count). The van der Waals surface area contributed by atoms with Crippen molar-refractivity contribution in [3.05, 3.63) is 90.0 Å². The van der Waals surface area contributed by atoms with Crippen molar-refractivity contribution in [3.63, 3.8) is 0 Å². The number of methoxy groups -OCH3 is 1. The van der Waals surface area contributed by atoms with Crippen LogP contribution in [0.3, 0.4) is 0 Å². The van der Waals surface area contributed by atoms with Gasteiger partial charge in [0.2, 0.25) is 11.8 Å². The summed E-state index contributed by atoms with van der Waals surface area (Å²) in [6, 6.07) is 21.4. The van der Waals surface area contributed by atoms with Crippen LogP contribution >= 0.6 is 0 Å². The molecule has 0 fully saturated rings. The summed E-state index contributed by atoms with van der Waals surface area (Å²) in [7, 11) is -2.59. The molecule has 3 aromatic rings. The van der Waals surface area contributed by atoms with Crippen molar-refractivity contribution < 1.29 is 22.7 Å². The number of carbonyl (C=O) groups excluding carboxylic acids is 2. The Balaban J connectivity index is 2.04. The van der Waals surface area contributed by atoms with Crippen molar-refractivity contribution in [2.45, 2.75) is 64.1 Å². The molecule has 8 nitrogen and oxygen atoms in total. The highest BCUT2D eigenvalue weighted by Gasteiger charge is 2.34. The third-order valence-electron chi connectivity index (χ3n) is 6.83. The lowest BCUT2D eigenvalue weighted by Crippen LogP contribution is -2.53. The number of nitrogens with zero attached hydrogens (tertiary/aromatic N) is 2. The van der Waals surface area contributed by atoms with E-state index in [1.165, 1.54) is 24.1 Å². The number of aryl methyl sites for hydroxylation is 1. The molecule has 0 aliphatic carbocycles. The minimum atomic E-state index is -4.11. The quantitative estimate of drug-likeness (QED) is 0.317. The van der Waals surface area contributed by atoms with Crippen LogP contribution in [0.15, 0.2) is 83.8 Å². The summed E-state index contributed by atoms with van der Waals surface area (Å²) in [4.78, 5) is 28.9. The predicted molar refractivity (Wildman–Crippen MR) is 158 cm³/mol. The fraction of sp³-hybridized carbons (Fsp3) is 0.355. The Labute approximate surface area is 238 Å². The Morgan fingerprint density at radius 3 is 2.08 bits per heavy atom. The first kappa shape index (κ1) is 30.7. The van der Waals surface area contributed by atoms with Crippen LogP contribution < -0.4 is 14.4 Å². The van der Waals surface area contributed by atoms with Crippen molar-refractivity contribution in [2.75, 3.05) is 18.0 Å². The second kappa shape index (κ2) is 14.0. The van der Waals surface area contributed by atoms with Gasteiger partial charge in [-0.1, -0.05) is 61.9 Å². The number of benzene rings is 3. The lowest BCUT2D eigenvalue weighted by atomic mass is 10.1. The lowest BCUT2D eigenvalue weighted by molar-refractivity contribution is -0.140. The maximum absolute atomic E-state index is 14.1. The van der Waals surface area contributed by atoms with Crippen molar-refractivity contribution in [3.8, 4) is 5.75 Å². The predicted octanol–water partition coefficient (Wildman–Crippen LogP) is 4.92. The molecule has 0 aromatic heterocycles. The molecule has 0 spiro atoms. The Morgan fingerprint density at radius 1 is 0.900 bits per heavy atom. The number of ether oxygens (including phenoxy) is 1. The van der Waals surface area contributed by atoms with Gasteiger partial charge in [0, 0.05) is 12.6 Å². The average Bonchev–Trinajstić information content (AvgIpc) is 2.97. The van der Waals surface area contributed by atoms with E-state index >= 15 is 0 Å². The van der Waals surface area contributed by atoms with E-state index in [0.29, 0.717) is 17.9 Å². The molecule has 3 aromatic carbocycles. The van der Waals surface area contributed by atoms with Crippen molar-refractivity contribution >= 4 is 27.5 Å². The summed E-state index contributed by atoms with van der Waals surface area (Å²) >= 11 is 0. The summed E-state index contributed by atoms with van der Waals surface area (Å²) in [5.41, 5.74) is 2.23. The molecule has 2 amide bonds. The zero-order valence-electron chi connectivity index (χ0n) is 23.8. The maximum Gasteiger partial charge on any atom is 0.264 e. The van der Waals surface area contributed by atoms with Gasteiger partial charge in [-0.05, 0) is 68.7 Å². The van der Waals surface area contributed by atoms with E-state index in [-0.39, 0.29) is 23.4 Å². The molecular weight excluding hydrogens is 526 g/mol. The van der Waals surface area contributed by atoms with Gasteiger partial charge in [-0.25, -0.2) is 8.42 Å². The fourth-order valence-electron chi connectivity index (χ4n) is 4.25. The van der Waals surface area contributed by atoms with Gasteiger partial charge >= 0.3 is 0 Å². The molecule has 0 aliphatic heterocycles. The number of carbonyl (C=O) groups is 2. The molecule has 214 valence electrons. The molecule has 0 saturated heterocycles. The normalized spacial score (nSPS) is 12.7. The van der Waals surface area contributed by atoms with Gasteiger partial charge in [-0.2, -0.15) is 0 Å². The van der Waals surface area contributed by atoms with E-state index < -0.39 is 28.5 Å². The molecule has 0 saturated carbocycles. The molecule has 40 heavy (non-hydrogen) atoms. The average molecular weight is 566 g/mol. The van der Waals surface area contributed by atoms with Gasteiger partial charge in [-0.3, -0.25) is 13.9 Å². The summed E-state index contributed by atoms with van der Waals surface area (Å²) < 4.78 is 34.0. The summed E-state index contributed by atoms with van der Waals surface area (Å²) in [6.07, 6.45) is 1.11. The third-order valence-corrected chi connectivity index (χ3v) is 8.62. The van der Waals surface area contributed by atoms with Crippen LogP contribution in [0.1, 0.15) is 44.7 Å². The molecule has 0 bridgehead atoms. The number of hydrogen-bond acceptors (Lipinski definition) is 5. The van der Waals surface area contributed by atoms with Crippen LogP contribution in [-0.2, 0) is 26.2 Å². The molecule has 0 aliphatic rings. The highest BCUT2D eigenvalue weighted by Crippen LogP contribution is 2.26. The Hall–Kier alpha value is -3.85. The van der Waals surface area contributed by atoms with Gasteiger partial charge in [-0.15, -0.1) is 0 Å². The van der Waals surface area contributed by atoms with Crippen molar-refractivity contribution in [2.24, 2.45) is 0 Å². The maximum atomic E-state index is 14.1. The number of hydrogen-bond donors (Lipinski definition) is 1. The van der Waals surface area contributed by atoms with Crippen molar-refractivity contribution in [1.29, 1.82) is 0 Å². The molecule has 1 N–H and O–H groups in total. The Morgan fingerprint density at radius 2 is 1.52 bits per heavy atom. The van der Waals surface area contributed by atoms with Crippen molar-refractivity contribution in [1.82, 2.24) is 10.2 Å².